The molecule has 32 heavy (non-hydrogen) atoms. The van der Waals surface area contributed by atoms with E-state index in [1.165, 1.54) is 24.3 Å². The first-order valence-electron chi connectivity index (χ1n) is 9.41. The van der Waals surface area contributed by atoms with Gasteiger partial charge in [0, 0.05) is 28.4 Å². The minimum Gasteiger partial charge on any atom is -0.355 e. The summed E-state index contributed by atoms with van der Waals surface area (Å²) < 4.78 is 50.1. The number of hydrogen-bond donors (Lipinski definition) is 2. The number of hydrazine groups is 1. The van der Waals surface area contributed by atoms with Gasteiger partial charge in [0.25, 0.3) is 15.9 Å². The lowest BCUT2D eigenvalue weighted by molar-refractivity contribution is 0.0861. The van der Waals surface area contributed by atoms with E-state index >= 15 is 0 Å². The number of nitrogens with one attached hydrogen (secondary N) is 1. The molecule has 0 aliphatic rings. The maximum atomic E-state index is 13.0. The molecule has 0 radical (unpaired) electrons. The largest absolute Gasteiger partial charge is 0.355 e. The van der Waals surface area contributed by atoms with Crippen molar-refractivity contribution >= 4 is 36.7 Å². The van der Waals surface area contributed by atoms with E-state index in [0.29, 0.717) is 5.39 Å². The molecule has 0 unspecified atom stereocenters. The van der Waals surface area contributed by atoms with Crippen LogP contribution in [-0.2, 0) is 19.9 Å². The lowest BCUT2D eigenvalue weighted by Crippen LogP contribution is -2.42. The van der Waals surface area contributed by atoms with E-state index in [9.17, 15) is 21.6 Å². The Balaban J connectivity index is 1.71. The van der Waals surface area contributed by atoms with Gasteiger partial charge < -0.3 is 4.98 Å². The minimum absolute atomic E-state index is 0.0408. The Morgan fingerprint density at radius 2 is 1.47 bits per heavy atom. The molecule has 4 rings (SSSR count). The van der Waals surface area contributed by atoms with Gasteiger partial charge >= 0.3 is 0 Å². The predicted molar refractivity (Wildman–Crippen MR) is 121 cm³/mol. The molecule has 1 heterocycles. The van der Waals surface area contributed by atoms with Gasteiger partial charge in [0.15, 0.2) is 9.84 Å². The molecule has 0 saturated heterocycles. The molecule has 4 aromatic rings. The summed E-state index contributed by atoms with van der Waals surface area (Å²) >= 11 is 0. The van der Waals surface area contributed by atoms with E-state index < -0.39 is 35.6 Å². The monoisotopic (exact) mass is 469 g/mol. The number of sulfonamides is 1. The Bertz CT molecular complexity index is 1540. The molecule has 0 saturated carbocycles. The first kappa shape index (κ1) is 21.8. The van der Waals surface area contributed by atoms with Gasteiger partial charge in [-0.3, -0.25) is 4.79 Å². The highest BCUT2D eigenvalue weighted by atomic mass is 32.2. The number of H-pyrrole nitrogens is 1. The molecule has 0 aliphatic carbocycles. The first-order chi connectivity index (χ1) is 15.1. The Hall–Kier alpha value is -3.47. The number of nitrogens with zero attached hydrogens (tertiary/aromatic N) is 1. The third kappa shape index (κ3) is 3.91. The lowest BCUT2D eigenvalue weighted by Gasteiger charge is -2.18. The van der Waals surface area contributed by atoms with Crippen LogP contribution >= 0.6 is 0 Å². The van der Waals surface area contributed by atoms with Crippen LogP contribution in [0.2, 0.25) is 0 Å². The van der Waals surface area contributed by atoms with E-state index in [0.717, 1.165) is 35.2 Å². The van der Waals surface area contributed by atoms with Crippen molar-refractivity contribution in [3.8, 4) is 11.3 Å². The van der Waals surface area contributed by atoms with Crippen LogP contribution in [0.1, 0.15) is 10.4 Å². The van der Waals surface area contributed by atoms with Crippen LogP contribution < -0.4 is 5.84 Å². The van der Waals surface area contributed by atoms with Crippen LogP contribution in [0.3, 0.4) is 0 Å². The van der Waals surface area contributed by atoms with Gasteiger partial charge in [-0.2, -0.15) is 12.8 Å². The molecule has 3 aromatic carbocycles. The highest BCUT2D eigenvalue weighted by molar-refractivity contribution is 7.93. The number of aromatic nitrogens is 1. The fourth-order valence-corrected chi connectivity index (χ4v) is 5.99. The molecule has 0 bridgehead atoms. The van der Waals surface area contributed by atoms with Crippen molar-refractivity contribution in [2.75, 3.05) is 6.26 Å². The molecule has 0 aliphatic heterocycles. The highest BCUT2D eigenvalue weighted by Crippen LogP contribution is 2.27. The van der Waals surface area contributed by atoms with E-state index in [-0.39, 0.29) is 9.98 Å². The smallest absolute Gasteiger partial charge is 0.282 e. The zero-order valence-electron chi connectivity index (χ0n) is 16.9. The van der Waals surface area contributed by atoms with Gasteiger partial charge in [-0.1, -0.05) is 42.5 Å². The van der Waals surface area contributed by atoms with Crippen molar-refractivity contribution in [1.29, 1.82) is 0 Å². The van der Waals surface area contributed by atoms with Gasteiger partial charge in [0.05, 0.1) is 4.90 Å². The Morgan fingerprint density at radius 1 is 0.844 bits per heavy atom. The van der Waals surface area contributed by atoms with Crippen molar-refractivity contribution in [1.82, 2.24) is 9.40 Å². The molecule has 3 N–H and O–H groups in total. The van der Waals surface area contributed by atoms with Crippen molar-refractivity contribution in [3.63, 3.8) is 0 Å². The second-order valence-corrected chi connectivity index (χ2v) is 10.9. The van der Waals surface area contributed by atoms with Gasteiger partial charge in [-0.15, -0.1) is 0 Å². The summed E-state index contributed by atoms with van der Waals surface area (Å²) in [6, 6.07) is 21.1. The van der Waals surface area contributed by atoms with Crippen LogP contribution in [0.15, 0.2) is 88.7 Å². The Labute approximate surface area is 185 Å². The van der Waals surface area contributed by atoms with Crippen molar-refractivity contribution in [2.45, 2.75) is 9.79 Å². The van der Waals surface area contributed by atoms with E-state index in [1.54, 1.807) is 6.07 Å². The first-order valence-corrected chi connectivity index (χ1v) is 12.7. The summed E-state index contributed by atoms with van der Waals surface area (Å²) in [5.41, 5.74) is 2.59. The molecule has 10 heteroatoms. The molecule has 0 atom stereocenters. The number of fused-ring (bicyclic) bond motifs is 1. The molecule has 0 fully saturated rings. The average molecular weight is 470 g/mol. The zero-order valence-corrected chi connectivity index (χ0v) is 18.5. The van der Waals surface area contributed by atoms with Crippen LogP contribution in [0.25, 0.3) is 22.2 Å². The van der Waals surface area contributed by atoms with Crippen molar-refractivity contribution < 1.29 is 21.6 Å². The summed E-state index contributed by atoms with van der Waals surface area (Å²) in [5.74, 6) is 4.72. The highest BCUT2D eigenvalue weighted by Gasteiger charge is 2.32. The third-order valence-electron chi connectivity index (χ3n) is 4.94. The maximum Gasteiger partial charge on any atom is 0.282 e. The minimum atomic E-state index is -4.62. The number of carbonyl (C=O) groups excluding carboxylic acids is 1. The average Bonchev–Trinajstić information content (AvgIpc) is 3.21. The Morgan fingerprint density at radius 3 is 2.12 bits per heavy atom. The lowest BCUT2D eigenvalue weighted by atomic mass is 10.1. The summed E-state index contributed by atoms with van der Waals surface area (Å²) in [7, 11) is -8.49. The normalized spacial score (nSPS) is 12.1. The van der Waals surface area contributed by atoms with E-state index in [2.05, 4.69) is 4.98 Å². The summed E-state index contributed by atoms with van der Waals surface area (Å²) in [4.78, 5) is 15.2. The number of nitrogens with two attached hydrogens (primary N) is 1. The molecule has 1 amide bonds. The predicted octanol–water partition coefficient (Wildman–Crippen LogP) is 2.94. The molecule has 1 aromatic heterocycles. The number of hydrogen-bond acceptors (Lipinski definition) is 6. The van der Waals surface area contributed by atoms with Gasteiger partial charge in [0.1, 0.15) is 4.90 Å². The fourth-order valence-electron chi connectivity index (χ4n) is 3.35. The van der Waals surface area contributed by atoms with Crippen molar-refractivity contribution in [2.24, 2.45) is 5.84 Å². The standard InChI is InChI=1S/C22H19N3O5S2/c1-31(27,28)20-9-5-6-10-21(20)32(29,30)25(23)22(26)16-11-12-18-17(13-16)14-19(24-18)15-7-3-2-4-8-15/h2-14,24H,23H2,1H3. The van der Waals surface area contributed by atoms with Crippen LogP contribution in [0.4, 0.5) is 0 Å². The SMILES string of the molecule is CS(=O)(=O)c1ccccc1S(=O)(=O)N(N)C(=O)c1ccc2[nH]c(-c3ccccc3)cc2c1. The number of carbonyl (C=O) groups is 1. The molecule has 8 nitrogen and oxygen atoms in total. The molecular formula is C22H19N3O5S2. The molecular weight excluding hydrogens is 450 g/mol. The maximum absolute atomic E-state index is 13.0. The quantitative estimate of drug-likeness (QED) is 0.263. The number of sulfone groups is 1. The molecule has 164 valence electrons. The Kier molecular flexibility index (Phi) is 5.37. The van der Waals surface area contributed by atoms with Crippen molar-refractivity contribution in [3.05, 3.63) is 84.4 Å². The van der Waals surface area contributed by atoms with Crippen LogP contribution in [0.5, 0.6) is 0 Å². The van der Waals surface area contributed by atoms with Gasteiger partial charge in [0.2, 0.25) is 0 Å². The summed E-state index contributed by atoms with van der Waals surface area (Å²) in [6.07, 6.45) is 0.883. The zero-order chi connectivity index (χ0) is 23.1. The number of aromatic amines is 1. The summed E-state index contributed by atoms with van der Waals surface area (Å²) in [6.45, 7) is 0. The second kappa shape index (κ2) is 7.90. The molecule has 0 spiro atoms. The second-order valence-electron chi connectivity index (χ2n) is 7.18. The van der Waals surface area contributed by atoms with Gasteiger partial charge in [-0.05, 0) is 42.0 Å². The van der Waals surface area contributed by atoms with Crippen LogP contribution in [0, 0.1) is 0 Å². The fraction of sp³-hybridized carbons (Fsp3) is 0.0455. The topological polar surface area (TPSA) is 130 Å². The van der Waals surface area contributed by atoms with Crippen LogP contribution in [-0.4, -0.2) is 38.4 Å². The summed E-state index contributed by atoms with van der Waals surface area (Å²) in [5, 5.41) is 0.692. The van der Waals surface area contributed by atoms with E-state index in [1.807, 2.05) is 36.4 Å². The van der Waals surface area contributed by atoms with Gasteiger partial charge in [-0.25, -0.2) is 14.3 Å². The number of rotatable bonds is 5. The van der Waals surface area contributed by atoms with E-state index in [4.69, 9.17) is 5.84 Å². The number of benzene rings is 3. The number of amides is 1. The third-order valence-corrected chi connectivity index (χ3v) is 7.82.